The molecule has 0 aliphatic carbocycles. The highest BCUT2D eigenvalue weighted by Crippen LogP contribution is 2.15. The lowest BCUT2D eigenvalue weighted by atomic mass is 10.1. The Morgan fingerprint density at radius 3 is 2.78 bits per heavy atom. The number of halogens is 1. The summed E-state index contributed by atoms with van der Waals surface area (Å²) in [5.74, 6) is 0. The Balaban J connectivity index is 2.44. The van der Waals surface area contributed by atoms with Crippen LogP contribution < -0.4 is 10.6 Å². The summed E-state index contributed by atoms with van der Waals surface area (Å²) in [6.45, 7) is 4.21. The lowest BCUT2D eigenvalue weighted by molar-refractivity contribution is 0.214. The van der Waals surface area contributed by atoms with Crippen molar-refractivity contribution in [2.75, 3.05) is 6.61 Å². The van der Waals surface area contributed by atoms with Gasteiger partial charge in [0.1, 0.15) is 0 Å². The van der Waals surface area contributed by atoms with Crippen LogP contribution in [0.5, 0.6) is 0 Å². The average Bonchev–Trinajstić information content (AvgIpc) is 2.37. The highest BCUT2D eigenvalue weighted by Gasteiger charge is 2.08. The van der Waals surface area contributed by atoms with Crippen molar-refractivity contribution in [2.45, 2.75) is 32.9 Å². The van der Waals surface area contributed by atoms with Crippen LogP contribution in [0.1, 0.15) is 24.5 Å². The lowest BCUT2D eigenvalue weighted by Gasteiger charge is -2.14. The zero-order valence-electron chi connectivity index (χ0n) is 10.7. The SMILES string of the molecule is CC[C@@H](CO)NC(=O)NCc1ccc(Cl)c(C)c1. The van der Waals surface area contributed by atoms with E-state index in [0.29, 0.717) is 13.0 Å². The van der Waals surface area contributed by atoms with E-state index in [1.54, 1.807) is 0 Å². The Hall–Kier alpha value is -1.26. The first-order chi connectivity index (χ1) is 8.56. The van der Waals surface area contributed by atoms with Crippen molar-refractivity contribution in [1.82, 2.24) is 10.6 Å². The van der Waals surface area contributed by atoms with E-state index in [-0.39, 0.29) is 18.7 Å². The number of aliphatic hydroxyl groups is 1. The molecule has 0 unspecified atom stereocenters. The molecule has 5 heteroatoms. The maximum absolute atomic E-state index is 11.5. The Morgan fingerprint density at radius 2 is 2.22 bits per heavy atom. The van der Waals surface area contributed by atoms with E-state index in [1.165, 1.54) is 0 Å². The minimum absolute atomic E-state index is 0.0516. The molecule has 0 fully saturated rings. The molecule has 18 heavy (non-hydrogen) atoms. The molecule has 0 bridgehead atoms. The zero-order valence-corrected chi connectivity index (χ0v) is 11.4. The zero-order chi connectivity index (χ0) is 13.5. The Bertz CT molecular complexity index is 406. The van der Waals surface area contributed by atoms with Gasteiger partial charge in [-0.25, -0.2) is 4.79 Å². The van der Waals surface area contributed by atoms with E-state index in [0.717, 1.165) is 16.1 Å². The first-order valence-electron chi connectivity index (χ1n) is 5.97. The van der Waals surface area contributed by atoms with Gasteiger partial charge in [0.2, 0.25) is 0 Å². The van der Waals surface area contributed by atoms with Gasteiger partial charge in [0.05, 0.1) is 12.6 Å². The fourth-order valence-electron chi connectivity index (χ4n) is 1.51. The van der Waals surface area contributed by atoms with Crippen LogP contribution in [0.25, 0.3) is 0 Å². The number of hydrogen-bond donors (Lipinski definition) is 3. The number of hydrogen-bond acceptors (Lipinski definition) is 2. The van der Waals surface area contributed by atoms with Crippen molar-refractivity contribution < 1.29 is 9.90 Å². The molecule has 4 nitrogen and oxygen atoms in total. The van der Waals surface area contributed by atoms with Gasteiger partial charge in [0.15, 0.2) is 0 Å². The second kappa shape index (κ2) is 7.24. The summed E-state index contributed by atoms with van der Waals surface area (Å²) in [7, 11) is 0. The molecule has 2 amide bonds. The minimum Gasteiger partial charge on any atom is -0.394 e. The quantitative estimate of drug-likeness (QED) is 0.768. The van der Waals surface area contributed by atoms with Crippen LogP contribution in [0.4, 0.5) is 4.79 Å². The van der Waals surface area contributed by atoms with E-state index in [1.807, 2.05) is 32.0 Å². The van der Waals surface area contributed by atoms with Crippen molar-refractivity contribution in [3.8, 4) is 0 Å². The van der Waals surface area contributed by atoms with Crippen LogP contribution in [0.3, 0.4) is 0 Å². The number of aryl methyl sites for hydroxylation is 1. The van der Waals surface area contributed by atoms with Crippen LogP contribution in [0.2, 0.25) is 5.02 Å². The average molecular weight is 271 g/mol. The van der Waals surface area contributed by atoms with Crippen LogP contribution >= 0.6 is 11.6 Å². The van der Waals surface area contributed by atoms with E-state index in [4.69, 9.17) is 16.7 Å². The molecule has 1 aromatic carbocycles. The maximum Gasteiger partial charge on any atom is 0.315 e. The van der Waals surface area contributed by atoms with Crippen LogP contribution in [0, 0.1) is 6.92 Å². The molecule has 1 rings (SSSR count). The van der Waals surface area contributed by atoms with E-state index in [2.05, 4.69) is 10.6 Å². The lowest BCUT2D eigenvalue weighted by Crippen LogP contribution is -2.43. The smallest absolute Gasteiger partial charge is 0.315 e. The van der Waals surface area contributed by atoms with Gasteiger partial charge in [-0.3, -0.25) is 0 Å². The molecule has 0 aromatic heterocycles. The molecule has 3 N–H and O–H groups in total. The summed E-state index contributed by atoms with van der Waals surface area (Å²) < 4.78 is 0. The summed E-state index contributed by atoms with van der Waals surface area (Å²) in [6, 6.07) is 5.15. The standard InChI is InChI=1S/C13H19ClN2O2/c1-3-11(8-17)16-13(18)15-7-10-4-5-12(14)9(2)6-10/h4-6,11,17H,3,7-8H2,1-2H3,(H2,15,16,18)/t11-/m0/s1. The number of rotatable bonds is 5. The van der Waals surface area contributed by atoms with E-state index >= 15 is 0 Å². The number of urea groups is 1. The fourth-order valence-corrected chi connectivity index (χ4v) is 1.63. The number of nitrogens with one attached hydrogen (secondary N) is 2. The number of amides is 2. The van der Waals surface area contributed by atoms with Crippen molar-refractivity contribution >= 4 is 17.6 Å². The normalized spacial score (nSPS) is 12.0. The van der Waals surface area contributed by atoms with Crippen molar-refractivity contribution in [3.05, 3.63) is 34.3 Å². The molecule has 0 saturated carbocycles. The van der Waals surface area contributed by atoms with Crippen molar-refractivity contribution in [2.24, 2.45) is 0 Å². The van der Waals surface area contributed by atoms with Gasteiger partial charge in [0, 0.05) is 11.6 Å². The van der Waals surface area contributed by atoms with Crippen molar-refractivity contribution in [1.29, 1.82) is 0 Å². The molecule has 1 aromatic rings. The molecule has 0 radical (unpaired) electrons. The second-order valence-corrected chi connectivity index (χ2v) is 4.61. The Morgan fingerprint density at radius 1 is 1.50 bits per heavy atom. The first kappa shape index (κ1) is 14.8. The molecule has 0 spiro atoms. The van der Waals surface area contributed by atoms with Gasteiger partial charge in [-0.05, 0) is 30.5 Å². The first-order valence-corrected chi connectivity index (χ1v) is 6.34. The monoisotopic (exact) mass is 270 g/mol. The summed E-state index contributed by atoms with van der Waals surface area (Å²) in [5.41, 5.74) is 1.97. The summed E-state index contributed by atoms with van der Waals surface area (Å²) >= 11 is 5.92. The third-order valence-corrected chi connectivity index (χ3v) is 3.15. The molecule has 0 heterocycles. The van der Waals surface area contributed by atoms with Crippen LogP contribution in [0.15, 0.2) is 18.2 Å². The third-order valence-electron chi connectivity index (χ3n) is 2.72. The summed E-state index contributed by atoms with van der Waals surface area (Å²) in [6.07, 6.45) is 0.698. The highest BCUT2D eigenvalue weighted by molar-refractivity contribution is 6.31. The topological polar surface area (TPSA) is 61.4 Å². The molecule has 0 aliphatic rings. The summed E-state index contributed by atoms with van der Waals surface area (Å²) in [5, 5.41) is 15.1. The van der Waals surface area contributed by atoms with E-state index in [9.17, 15) is 4.79 Å². The fraction of sp³-hybridized carbons (Fsp3) is 0.462. The van der Waals surface area contributed by atoms with Gasteiger partial charge in [0.25, 0.3) is 0 Å². The number of aliphatic hydroxyl groups excluding tert-OH is 1. The number of carbonyl (C=O) groups excluding carboxylic acids is 1. The highest BCUT2D eigenvalue weighted by atomic mass is 35.5. The molecule has 1 atom stereocenters. The van der Waals surface area contributed by atoms with Gasteiger partial charge < -0.3 is 15.7 Å². The molecular formula is C13H19ClN2O2. The maximum atomic E-state index is 11.5. The largest absolute Gasteiger partial charge is 0.394 e. The van der Waals surface area contributed by atoms with E-state index < -0.39 is 0 Å². The predicted octanol–water partition coefficient (Wildman–Crippen LogP) is 2.22. The van der Waals surface area contributed by atoms with Gasteiger partial charge in [-0.2, -0.15) is 0 Å². The molecule has 100 valence electrons. The minimum atomic E-state index is -0.275. The van der Waals surface area contributed by atoms with Gasteiger partial charge in [-0.1, -0.05) is 30.7 Å². The van der Waals surface area contributed by atoms with Crippen molar-refractivity contribution in [3.63, 3.8) is 0 Å². The van der Waals surface area contributed by atoms with Gasteiger partial charge in [-0.15, -0.1) is 0 Å². The second-order valence-electron chi connectivity index (χ2n) is 4.20. The molecule has 0 saturated heterocycles. The van der Waals surface area contributed by atoms with Crippen LogP contribution in [-0.4, -0.2) is 23.8 Å². The summed E-state index contributed by atoms with van der Waals surface area (Å²) in [4.78, 5) is 11.5. The molecular weight excluding hydrogens is 252 g/mol. The Labute approximate surface area is 112 Å². The molecule has 0 aliphatic heterocycles. The number of benzene rings is 1. The van der Waals surface area contributed by atoms with Crippen LogP contribution in [-0.2, 0) is 6.54 Å². The Kier molecular flexibility index (Phi) is 5.95. The number of carbonyl (C=O) groups is 1. The van der Waals surface area contributed by atoms with Gasteiger partial charge >= 0.3 is 6.03 Å². The third kappa shape index (κ3) is 4.55. The predicted molar refractivity (Wildman–Crippen MR) is 72.7 cm³/mol.